The summed E-state index contributed by atoms with van der Waals surface area (Å²) < 4.78 is 14.6. The van der Waals surface area contributed by atoms with Crippen molar-refractivity contribution in [2.24, 2.45) is 0 Å². The molecular formula is C13H11BrClFN2. The van der Waals surface area contributed by atoms with Crippen LogP contribution in [0.5, 0.6) is 0 Å². The van der Waals surface area contributed by atoms with Crippen molar-refractivity contribution in [2.75, 3.05) is 17.7 Å². The Morgan fingerprint density at radius 2 is 1.89 bits per heavy atom. The smallest absolute Gasteiger partial charge is 0.146 e. The summed E-state index contributed by atoms with van der Waals surface area (Å²) in [6, 6.07) is 9.88. The minimum atomic E-state index is -0.310. The number of anilines is 3. The highest BCUT2D eigenvalue weighted by molar-refractivity contribution is 9.10. The van der Waals surface area contributed by atoms with E-state index in [0.29, 0.717) is 22.1 Å². The molecule has 94 valence electrons. The summed E-state index contributed by atoms with van der Waals surface area (Å²) >= 11 is 9.17. The monoisotopic (exact) mass is 328 g/mol. The van der Waals surface area contributed by atoms with E-state index in [9.17, 15) is 4.39 Å². The lowest BCUT2D eigenvalue weighted by molar-refractivity contribution is 0.627. The highest BCUT2D eigenvalue weighted by Gasteiger charge is 2.12. The second kappa shape index (κ2) is 5.16. The van der Waals surface area contributed by atoms with Crippen LogP contribution < -0.4 is 10.6 Å². The van der Waals surface area contributed by atoms with Crippen molar-refractivity contribution in [3.63, 3.8) is 0 Å². The number of nitrogens with zero attached hydrogens (tertiary/aromatic N) is 1. The van der Waals surface area contributed by atoms with Crippen LogP contribution in [0.15, 0.2) is 40.9 Å². The van der Waals surface area contributed by atoms with Gasteiger partial charge in [-0.05, 0) is 36.4 Å². The SMILES string of the molecule is CN(c1ccc(Cl)cc1N)c1cc(Br)ccc1F. The van der Waals surface area contributed by atoms with E-state index in [1.54, 1.807) is 42.3 Å². The standard InChI is InChI=1S/C13H11BrClFN2/c1-18(12-5-3-9(15)7-11(12)17)13-6-8(14)2-4-10(13)16/h2-7H,17H2,1H3. The number of benzene rings is 2. The molecule has 0 aromatic heterocycles. The lowest BCUT2D eigenvalue weighted by atomic mass is 10.2. The van der Waals surface area contributed by atoms with Crippen LogP contribution in [0.4, 0.5) is 21.5 Å². The molecule has 0 heterocycles. The number of nitrogens with two attached hydrogens (primary N) is 1. The summed E-state index contributed by atoms with van der Waals surface area (Å²) in [6.07, 6.45) is 0. The van der Waals surface area contributed by atoms with Crippen molar-refractivity contribution in [3.05, 3.63) is 51.7 Å². The predicted molar refractivity (Wildman–Crippen MR) is 78.0 cm³/mol. The molecule has 2 N–H and O–H groups in total. The van der Waals surface area contributed by atoms with Crippen molar-refractivity contribution in [3.8, 4) is 0 Å². The minimum absolute atomic E-state index is 0.310. The first-order valence-corrected chi connectivity index (χ1v) is 6.40. The molecule has 2 nitrogen and oxygen atoms in total. The van der Waals surface area contributed by atoms with Crippen LogP contribution in [0.2, 0.25) is 5.02 Å². The van der Waals surface area contributed by atoms with Crippen LogP contribution in [0.3, 0.4) is 0 Å². The fourth-order valence-electron chi connectivity index (χ4n) is 1.70. The van der Waals surface area contributed by atoms with Crippen LogP contribution in [0, 0.1) is 5.82 Å². The molecule has 2 aromatic rings. The van der Waals surface area contributed by atoms with Crippen molar-refractivity contribution < 1.29 is 4.39 Å². The maximum Gasteiger partial charge on any atom is 0.146 e. The zero-order chi connectivity index (χ0) is 13.3. The summed E-state index contributed by atoms with van der Waals surface area (Å²) in [5.74, 6) is -0.310. The number of halogens is 3. The molecule has 0 atom stereocenters. The Kier molecular flexibility index (Phi) is 3.78. The summed E-state index contributed by atoms with van der Waals surface area (Å²) in [7, 11) is 1.75. The van der Waals surface area contributed by atoms with E-state index >= 15 is 0 Å². The summed E-state index contributed by atoms with van der Waals surface area (Å²) in [5.41, 5.74) is 7.54. The van der Waals surface area contributed by atoms with Gasteiger partial charge >= 0.3 is 0 Å². The molecule has 0 amide bonds. The van der Waals surface area contributed by atoms with E-state index in [4.69, 9.17) is 17.3 Å². The number of hydrogen-bond acceptors (Lipinski definition) is 2. The number of rotatable bonds is 2. The summed E-state index contributed by atoms with van der Waals surface area (Å²) in [6.45, 7) is 0. The first-order chi connectivity index (χ1) is 8.49. The molecule has 5 heteroatoms. The maximum absolute atomic E-state index is 13.8. The zero-order valence-corrected chi connectivity index (χ0v) is 12.0. The Hall–Kier alpha value is -1.26. The third-order valence-corrected chi connectivity index (χ3v) is 3.35. The predicted octanol–water partition coefficient (Wildman–Crippen LogP) is 4.59. The molecule has 0 aliphatic rings. The van der Waals surface area contributed by atoms with Gasteiger partial charge < -0.3 is 10.6 Å². The van der Waals surface area contributed by atoms with E-state index in [-0.39, 0.29) is 5.82 Å². The molecule has 0 unspecified atom stereocenters. The summed E-state index contributed by atoms with van der Waals surface area (Å²) in [4.78, 5) is 1.69. The third kappa shape index (κ3) is 2.60. The molecule has 0 fully saturated rings. The van der Waals surface area contributed by atoms with Crippen LogP contribution >= 0.6 is 27.5 Å². The second-order valence-electron chi connectivity index (χ2n) is 3.86. The highest BCUT2D eigenvalue weighted by atomic mass is 79.9. The third-order valence-electron chi connectivity index (χ3n) is 2.62. The Balaban J connectivity index is 2.47. The van der Waals surface area contributed by atoms with Gasteiger partial charge in [-0.2, -0.15) is 0 Å². The van der Waals surface area contributed by atoms with Gasteiger partial charge in [0.15, 0.2) is 0 Å². The molecule has 0 bridgehead atoms. The fourth-order valence-corrected chi connectivity index (χ4v) is 2.23. The molecule has 0 radical (unpaired) electrons. The second-order valence-corrected chi connectivity index (χ2v) is 5.21. The number of hydrogen-bond donors (Lipinski definition) is 1. The molecule has 0 aliphatic heterocycles. The Morgan fingerprint density at radius 3 is 2.56 bits per heavy atom. The van der Waals surface area contributed by atoms with Gasteiger partial charge in [-0.1, -0.05) is 27.5 Å². The lowest BCUT2D eigenvalue weighted by Crippen LogP contribution is -2.13. The summed E-state index contributed by atoms with van der Waals surface area (Å²) in [5, 5.41) is 0.555. The molecule has 0 saturated carbocycles. The first-order valence-electron chi connectivity index (χ1n) is 5.23. The Labute approximate surface area is 118 Å². The Bertz CT molecular complexity index is 589. The molecular weight excluding hydrogens is 319 g/mol. The number of nitrogen functional groups attached to an aromatic ring is 1. The van der Waals surface area contributed by atoms with Crippen LogP contribution in [0.1, 0.15) is 0 Å². The van der Waals surface area contributed by atoms with Crippen molar-refractivity contribution >= 4 is 44.6 Å². The van der Waals surface area contributed by atoms with Crippen LogP contribution in [-0.4, -0.2) is 7.05 Å². The van der Waals surface area contributed by atoms with Gasteiger partial charge in [-0.3, -0.25) is 0 Å². The first kappa shape index (κ1) is 13.2. The highest BCUT2D eigenvalue weighted by Crippen LogP contribution is 2.33. The maximum atomic E-state index is 13.8. The van der Waals surface area contributed by atoms with E-state index in [0.717, 1.165) is 4.47 Å². The average Bonchev–Trinajstić information content (AvgIpc) is 2.31. The van der Waals surface area contributed by atoms with E-state index in [2.05, 4.69) is 15.9 Å². The minimum Gasteiger partial charge on any atom is -0.397 e. The zero-order valence-electron chi connectivity index (χ0n) is 9.62. The van der Waals surface area contributed by atoms with Gasteiger partial charge in [0.25, 0.3) is 0 Å². The van der Waals surface area contributed by atoms with Crippen molar-refractivity contribution in [1.29, 1.82) is 0 Å². The Morgan fingerprint density at radius 1 is 1.17 bits per heavy atom. The van der Waals surface area contributed by atoms with Crippen molar-refractivity contribution in [2.45, 2.75) is 0 Å². The quantitative estimate of drug-likeness (QED) is 0.816. The fraction of sp³-hybridized carbons (Fsp3) is 0.0769. The van der Waals surface area contributed by atoms with E-state index in [1.807, 2.05) is 0 Å². The normalized spacial score (nSPS) is 10.4. The molecule has 0 saturated heterocycles. The molecule has 0 spiro atoms. The average molecular weight is 330 g/mol. The topological polar surface area (TPSA) is 29.3 Å². The van der Waals surface area contributed by atoms with Gasteiger partial charge in [-0.25, -0.2) is 4.39 Å². The molecule has 2 rings (SSSR count). The van der Waals surface area contributed by atoms with Crippen LogP contribution in [0.25, 0.3) is 0 Å². The van der Waals surface area contributed by atoms with Gasteiger partial charge in [0.1, 0.15) is 5.82 Å². The van der Waals surface area contributed by atoms with Crippen LogP contribution in [-0.2, 0) is 0 Å². The molecule has 2 aromatic carbocycles. The van der Waals surface area contributed by atoms with Gasteiger partial charge in [0.2, 0.25) is 0 Å². The van der Waals surface area contributed by atoms with Gasteiger partial charge in [0, 0.05) is 16.5 Å². The van der Waals surface area contributed by atoms with Crippen molar-refractivity contribution in [1.82, 2.24) is 0 Å². The van der Waals surface area contributed by atoms with Gasteiger partial charge in [0.05, 0.1) is 17.1 Å². The lowest BCUT2D eigenvalue weighted by Gasteiger charge is -2.22. The molecule has 0 aliphatic carbocycles. The van der Waals surface area contributed by atoms with E-state index < -0.39 is 0 Å². The van der Waals surface area contributed by atoms with Gasteiger partial charge in [-0.15, -0.1) is 0 Å². The molecule has 18 heavy (non-hydrogen) atoms. The van der Waals surface area contributed by atoms with E-state index in [1.165, 1.54) is 6.07 Å². The largest absolute Gasteiger partial charge is 0.397 e.